The minimum Gasteiger partial charge on any atom is -0.454 e. The second-order valence-corrected chi connectivity index (χ2v) is 7.89. The highest BCUT2D eigenvalue weighted by Crippen LogP contribution is 2.19. The van der Waals surface area contributed by atoms with Gasteiger partial charge in [0, 0.05) is 5.69 Å². The number of carbonyl (C=O) groups is 2. The molecule has 0 radical (unpaired) electrons. The Morgan fingerprint density at radius 3 is 2.55 bits per heavy atom. The Balaban J connectivity index is 1.58. The molecule has 29 heavy (non-hydrogen) atoms. The van der Waals surface area contributed by atoms with Crippen molar-refractivity contribution in [3.05, 3.63) is 59.9 Å². The first-order chi connectivity index (χ1) is 14.0. The van der Waals surface area contributed by atoms with E-state index in [0.29, 0.717) is 17.4 Å². The van der Waals surface area contributed by atoms with Gasteiger partial charge in [-0.05, 0) is 42.0 Å². The second-order valence-electron chi connectivity index (χ2n) is 7.02. The second kappa shape index (κ2) is 9.60. The topological polar surface area (TPSA) is 73.2 Å². The number of nitrogens with one attached hydrogen (secondary N) is 1. The van der Waals surface area contributed by atoms with E-state index in [2.05, 4.69) is 24.1 Å². The van der Waals surface area contributed by atoms with Crippen molar-refractivity contribution in [2.24, 2.45) is 0 Å². The molecular formula is C22H25N3O3S. The molecule has 6 nitrogen and oxygen atoms in total. The standard InChI is InChI=1S/C22H25N3O3S/c1-15(2)16-8-10-17(11-9-16)23-21(26)13-28-22(27)12-25-19-7-5-4-6-18(19)24-20(25)14-29-3/h4-11,15H,12-14H2,1-3H3,(H,23,26). The number of hydrogen-bond acceptors (Lipinski definition) is 5. The van der Waals surface area contributed by atoms with Crippen molar-refractivity contribution in [2.75, 3.05) is 18.2 Å². The summed E-state index contributed by atoms with van der Waals surface area (Å²) in [5, 5.41) is 2.74. The number of rotatable bonds is 8. The van der Waals surface area contributed by atoms with Crippen LogP contribution in [0.3, 0.4) is 0 Å². The molecule has 2 aromatic carbocycles. The van der Waals surface area contributed by atoms with Crippen molar-refractivity contribution in [2.45, 2.75) is 32.1 Å². The summed E-state index contributed by atoms with van der Waals surface area (Å²) in [4.78, 5) is 29.0. The molecule has 1 N–H and O–H groups in total. The summed E-state index contributed by atoms with van der Waals surface area (Å²) in [6.45, 7) is 3.92. The summed E-state index contributed by atoms with van der Waals surface area (Å²) in [5.74, 6) is 1.09. The van der Waals surface area contributed by atoms with Crippen molar-refractivity contribution in [1.82, 2.24) is 9.55 Å². The maximum absolute atomic E-state index is 12.3. The van der Waals surface area contributed by atoms with Crippen LogP contribution in [0.5, 0.6) is 0 Å². The third-order valence-electron chi connectivity index (χ3n) is 4.52. The van der Waals surface area contributed by atoms with Crippen LogP contribution in [0.15, 0.2) is 48.5 Å². The van der Waals surface area contributed by atoms with Gasteiger partial charge in [0.1, 0.15) is 12.4 Å². The van der Waals surface area contributed by atoms with E-state index in [9.17, 15) is 9.59 Å². The summed E-state index contributed by atoms with van der Waals surface area (Å²) >= 11 is 1.63. The predicted molar refractivity (Wildman–Crippen MR) is 117 cm³/mol. The zero-order valence-electron chi connectivity index (χ0n) is 16.8. The number of aromatic nitrogens is 2. The van der Waals surface area contributed by atoms with E-state index in [1.165, 1.54) is 5.56 Å². The number of thioether (sulfide) groups is 1. The minimum absolute atomic E-state index is 0.0206. The maximum atomic E-state index is 12.3. The number of ether oxygens (including phenoxy) is 1. The molecule has 0 aliphatic rings. The van der Waals surface area contributed by atoms with Gasteiger partial charge < -0.3 is 14.6 Å². The number of carbonyl (C=O) groups excluding carboxylic acids is 2. The molecule has 152 valence electrons. The number of hydrogen-bond donors (Lipinski definition) is 1. The molecule has 3 aromatic rings. The van der Waals surface area contributed by atoms with Gasteiger partial charge in [-0.2, -0.15) is 11.8 Å². The SMILES string of the molecule is CSCc1nc2ccccc2n1CC(=O)OCC(=O)Nc1ccc(C(C)C)cc1. The van der Waals surface area contributed by atoms with Gasteiger partial charge in [0.2, 0.25) is 0 Å². The molecule has 0 spiro atoms. The molecule has 1 aromatic heterocycles. The van der Waals surface area contributed by atoms with Crippen LogP contribution >= 0.6 is 11.8 Å². The first-order valence-electron chi connectivity index (χ1n) is 9.46. The van der Waals surface area contributed by atoms with Crippen molar-refractivity contribution in [3.63, 3.8) is 0 Å². The third kappa shape index (κ3) is 5.38. The van der Waals surface area contributed by atoms with Gasteiger partial charge in [0.15, 0.2) is 6.61 Å². The molecule has 0 aliphatic carbocycles. The van der Waals surface area contributed by atoms with Crippen molar-refractivity contribution in [3.8, 4) is 0 Å². The lowest BCUT2D eigenvalue weighted by Crippen LogP contribution is -2.23. The van der Waals surface area contributed by atoms with E-state index in [-0.39, 0.29) is 19.1 Å². The first-order valence-corrected chi connectivity index (χ1v) is 10.9. The molecule has 0 saturated carbocycles. The van der Waals surface area contributed by atoms with Crippen molar-refractivity contribution in [1.29, 1.82) is 0 Å². The van der Waals surface area contributed by atoms with E-state index in [0.717, 1.165) is 16.9 Å². The summed E-state index contributed by atoms with van der Waals surface area (Å²) in [5.41, 5.74) is 3.59. The Bertz CT molecular complexity index is 996. The fourth-order valence-corrected chi connectivity index (χ4v) is 3.49. The van der Waals surface area contributed by atoms with Crippen LogP contribution in [0.4, 0.5) is 5.69 Å². The highest BCUT2D eigenvalue weighted by Gasteiger charge is 2.15. The number of amides is 1. The molecule has 3 rings (SSSR count). The van der Waals surface area contributed by atoms with E-state index in [1.807, 2.05) is 59.4 Å². The lowest BCUT2D eigenvalue weighted by atomic mass is 10.0. The van der Waals surface area contributed by atoms with Gasteiger partial charge in [0.25, 0.3) is 5.91 Å². The molecule has 0 bridgehead atoms. The van der Waals surface area contributed by atoms with Crippen LogP contribution in [0, 0.1) is 0 Å². The number of esters is 1. The maximum Gasteiger partial charge on any atom is 0.326 e. The van der Waals surface area contributed by atoms with Gasteiger partial charge in [-0.25, -0.2) is 4.98 Å². The largest absolute Gasteiger partial charge is 0.454 e. The van der Waals surface area contributed by atoms with Gasteiger partial charge in [-0.15, -0.1) is 0 Å². The van der Waals surface area contributed by atoms with Gasteiger partial charge in [-0.1, -0.05) is 38.1 Å². The van der Waals surface area contributed by atoms with E-state index < -0.39 is 5.97 Å². The zero-order valence-corrected chi connectivity index (χ0v) is 17.7. The number of benzene rings is 2. The molecule has 0 aliphatic heterocycles. The molecular weight excluding hydrogens is 386 g/mol. The quantitative estimate of drug-likeness (QED) is 0.562. The number of nitrogens with zero attached hydrogens (tertiary/aromatic N) is 2. The Labute approximate surface area is 174 Å². The third-order valence-corrected chi connectivity index (χ3v) is 5.07. The van der Waals surface area contributed by atoms with Crippen LogP contribution in [0.25, 0.3) is 11.0 Å². The summed E-state index contributed by atoms with van der Waals surface area (Å²) in [6.07, 6.45) is 1.99. The van der Waals surface area contributed by atoms with Crippen LogP contribution in [-0.2, 0) is 26.6 Å². The molecule has 0 saturated heterocycles. The Kier molecular flexibility index (Phi) is 6.93. The Morgan fingerprint density at radius 1 is 1.14 bits per heavy atom. The lowest BCUT2D eigenvalue weighted by molar-refractivity contribution is -0.147. The average molecular weight is 412 g/mol. The van der Waals surface area contributed by atoms with Crippen molar-refractivity contribution >= 4 is 40.4 Å². The number of imidazole rings is 1. The number of anilines is 1. The highest BCUT2D eigenvalue weighted by atomic mass is 32.2. The minimum atomic E-state index is -0.471. The first kappa shape index (κ1) is 20.9. The Morgan fingerprint density at radius 2 is 1.86 bits per heavy atom. The predicted octanol–water partition coefficient (Wildman–Crippen LogP) is 4.20. The van der Waals surface area contributed by atoms with Gasteiger partial charge in [0.05, 0.1) is 16.8 Å². The van der Waals surface area contributed by atoms with Crippen LogP contribution in [0.1, 0.15) is 31.2 Å². The summed E-state index contributed by atoms with van der Waals surface area (Å²) in [7, 11) is 0. The summed E-state index contributed by atoms with van der Waals surface area (Å²) < 4.78 is 7.03. The number of fused-ring (bicyclic) bond motifs is 1. The molecule has 0 fully saturated rings. The average Bonchev–Trinajstić information content (AvgIpc) is 3.04. The van der Waals surface area contributed by atoms with Crippen LogP contribution in [0.2, 0.25) is 0 Å². The molecule has 1 heterocycles. The highest BCUT2D eigenvalue weighted by molar-refractivity contribution is 7.97. The zero-order chi connectivity index (χ0) is 20.8. The van der Waals surface area contributed by atoms with Crippen LogP contribution < -0.4 is 5.32 Å². The van der Waals surface area contributed by atoms with Gasteiger partial charge >= 0.3 is 5.97 Å². The molecule has 7 heteroatoms. The molecule has 1 amide bonds. The van der Waals surface area contributed by atoms with Gasteiger partial charge in [-0.3, -0.25) is 9.59 Å². The van der Waals surface area contributed by atoms with Crippen molar-refractivity contribution < 1.29 is 14.3 Å². The lowest BCUT2D eigenvalue weighted by Gasteiger charge is -2.10. The fraction of sp³-hybridized carbons (Fsp3) is 0.318. The molecule has 0 unspecified atom stereocenters. The van der Waals surface area contributed by atoms with E-state index in [4.69, 9.17) is 4.74 Å². The monoisotopic (exact) mass is 411 g/mol. The smallest absolute Gasteiger partial charge is 0.326 e. The number of para-hydroxylation sites is 2. The van der Waals surface area contributed by atoms with Crippen LogP contribution in [-0.4, -0.2) is 34.3 Å². The van der Waals surface area contributed by atoms with E-state index >= 15 is 0 Å². The molecule has 0 atom stereocenters. The summed E-state index contributed by atoms with van der Waals surface area (Å²) in [6, 6.07) is 15.3. The fourth-order valence-electron chi connectivity index (χ4n) is 3.01. The normalized spacial score (nSPS) is 11.0. The van der Waals surface area contributed by atoms with E-state index in [1.54, 1.807) is 11.8 Å². The Hall–Kier alpha value is -2.80.